The lowest BCUT2D eigenvalue weighted by Crippen LogP contribution is -1.92. The number of nitro benzene ring substituents is 1. The van der Waals surface area contributed by atoms with E-state index in [0.29, 0.717) is 11.0 Å². The van der Waals surface area contributed by atoms with Gasteiger partial charge >= 0.3 is 0 Å². The normalized spacial score (nSPS) is 10.5. The number of aromatic nitrogens is 2. The molecule has 0 radical (unpaired) electrons. The zero-order valence-electron chi connectivity index (χ0n) is 6.97. The monoisotopic (exact) mass is 177 g/mol. The molecule has 0 fully saturated rings. The minimum absolute atomic E-state index is 0.0949. The number of hydrogen-bond donors (Lipinski definition) is 0. The number of non-ortho nitro benzene ring substituents is 1. The van der Waals surface area contributed by atoms with E-state index in [1.807, 2.05) is 0 Å². The van der Waals surface area contributed by atoms with Crippen molar-refractivity contribution in [1.82, 2.24) is 9.55 Å². The van der Waals surface area contributed by atoms with Gasteiger partial charge in [0.1, 0.15) is 5.52 Å². The highest BCUT2D eigenvalue weighted by molar-refractivity contribution is 5.84. The van der Waals surface area contributed by atoms with Crippen LogP contribution in [0.15, 0.2) is 24.5 Å². The van der Waals surface area contributed by atoms with Crippen LogP contribution in [0.5, 0.6) is 0 Å². The van der Waals surface area contributed by atoms with Crippen LogP contribution in [0.1, 0.15) is 0 Å². The minimum Gasteiger partial charge on any atom is -0.328 e. The zero-order valence-corrected chi connectivity index (χ0v) is 6.97. The maximum atomic E-state index is 10.6. The Morgan fingerprint density at radius 1 is 1.54 bits per heavy atom. The van der Waals surface area contributed by atoms with Gasteiger partial charge in [-0.05, 0) is 6.07 Å². The van der Waals surface area contributed by atoms with Gasteiger partial charge in [-0.25, -0.2) is 4.98 Å². The van der Waals surface area contributed by atoms with E-state index < -0.39 is 4.92 Å². The molecule has 66 valence electrons. The van der Waals surface area contributed by atoms with Crippen molar-refractivity contribution in [2.75, 3.05) is 0 Å². The second-order valence-corrected chi connectivity index (χ2v) is 2.76. The van der Waals surface area contributed by atoms with Gasteiger partial charge in [0.05, 0.1) is 16.8 Å². The molecule has 1 aromatic carbocycles. The van der Waals surface area contributed by atoms with E-state index in [9.17, 15) is 10.1 Å². The summed E-state index contributed by atoms with van der Waals surface area (Å²) in [5.41, 5.74) is 1.31. The van der Waals surface area contributed by atoms with Gasteiger partial charge in [0, 0.05) is 13.1 Å². The molecule has 0 aliphatic heterocycles. The summed E-state index contributed by atoms with van der Waals surface area (Å²) < 4.78 is 1.65. The highest BCUT2D eigenvalue weighted by Crippen LogP contribution is 2.23. The molecule has 0 aliphatic carbocycles. The maximum absolute atomic E-state index is 10.6. The number of para-hydroxylation sites is 1. The van der Waals surface area contributed by atoms with Crippen molar-refractivity contribution >= 4 is 16.7 Å². The lowest BCUT2D eigenvalue weighted by atomic mass is 10.3. The molecule has 1 heterocycles. The van der Waals surface area contributed by atoms with E-state index in [4.69, 9.17) is 0 Å². The van der Waals surface area contributed by atoms with Gasteiger partial charge in [0.25, 0.3) is 5.69 Å². The SMILES string of the molecule is Cn1cnc2cccc([N+](=O)[O-])c21. The van der Waals surface area contributed by atoms with Crippen molar-refractivity contribution in [2.24, 2.45) is 7.05 Å². The van der Waals surface area contributed by atoms with Gasteiger partial charge in [-0.1, -0.05) is 6.07 Å². The minimum atomic E-state index is -0.399. The summed E-state index contributed by atoms with van der Waals surface area (Å²) in [6.07, 6.45) is 1.57. The van der Waals surface area contributed by atoms with Gasteiger partial charge < -0.3 is 4.57 Å². The number of aryl methyl sites for hydroxylation is 1. The molecule has 13 heavy (non-hydrogen) atoms. The summed E-state index contributed by atoms with van der Waals surface area (Å²) in [5.74, 6) is 0. The standard InChI is InChI=1S/C8H7N3O2/c1-10-5-9-6-3-2-4-7(8(6)10)11(12)13/h2-5H,1H3. The van der Waals surface area contributed by atoms with Crippen LogP contribution in [0.3, 0.4) is 0 Å². The van der Waals surface area contributed by atoms with Gasteiger partial charge in [0.15, 0.2) is 0 Å². The van der Waals surface area contributed by atoms with Gasteiger partial charge in [-0.15, -0.1) is 0 Å². The predicted molar refractivity (Wildman–Crippen MR) is 47.4 cm³/mol. The molecule has 0 amide bonds. The van der Waals surface area contributed by atoms with Crippen LogP contribution in [0, 0.1) is 10.1 Å². The van der Waals surface area contributed by atoms with E-state index in [1.165, 1.54) is 6.07 Å². The number of imidazole rings is 1. The molecule has 2 rings (SSSR count). The molecule has 5 heteroatoms. The Labute approximate surface area is 73.8 Å². The maximum Gasteiger partial charge on any atom is 0.295 e. The van der Waals surface area contributed by atoms with Crippen LogP contribution in [0.25, 0.3) is 11.0 Å². The number of benzene rings is 1. The highest BCUT2D eigenvalue weighted by atomic mass is 16.6. The summed E-state index contributed by atoms with van der Waals surface area (Å²) >= 11 is 0. The van der Waals surface area contributed by atoms with E-state index in [0.717, 1.165) is 0 Å². The summed E-state index contributed by atoms with van der Waals surface area (Å²) in [6, 6.07) is 4.86. The van der Waals surface area contributed by atoms with E-state index in [-0.39, 0.29) is 5.69 Å². The highest BCUT2D eigenvalue weighted by Gasteiger charge is 2.14. The Hall–Kier alpha value is -1.91. The Morgan fingerprint density at radius 2 is 2.31 bits per heavy atom. The molecule has 0 saturated heterocycles. The van der Waals surface area contributed by atoms with E-state index in [1.54, 1.807) is 30.1 Å². The number of fused-ring (bicyclic) bond motifs is 1. The largest absolute Gasteiger partial charge is 0.328 e. The molecule has 0 N–H and O–H groups in total. The van der Waals surface area contributed by atoms with Crippen LogP contribution < -0.4 is 0 Å². The first-order chi connectivity index (χ1) is 6.20. The van der Waals surface area contributed by atoms with Crippen molar-refractivity contribution in [1.29, 1.82) is 0 Å². The first kappa shape index (κ1) is 7.72. The third-order valence-electron chi connectivity index (χ3n) is 1.91. The summed E-state index contributed by atoms with van der Waals surface area (Å²) in [4.78, 5) is 14.3. The summed E-state index contributed by atoms with van der Waals surface area (Å²) in [7, 11) is 1.74. The molecule has 0 spiro atoms. The van der Waals surface area contributed by atoms with Gasteiger partial charge in [-0.3, -0.25) is 10.1 Å². The molecule has 0 aliphatic rings. The summed E-state index contributed by atoms with van der Waals surface area (Å²) in [6.45, 7) is 0. The van der Waals surface area contributed by atoms with E-state index >= 15 is 0 Å². The fourth-order valence-corrected chi connectivity index (χ4v) is 1.34. The first-order valence-electron chi connectivity index (χ1n) is 3.74. The van der Waals surface area contributed by atoms with Crippen molar-refractivity contribution in [3.63, 3.8) is 0 Å². The van der Waals surface area contributed by atoms with E-state index in [2.05, 4.69) is 4.98 Å². The number of nitro groups is 1. The second kappa shape index (κ2) is 2.55. The average Bonchev–Trinajstić information content (AvgIpc) is 2.48. The van der Waals surface area contributed by atoms with Crippen molar-refractivity contribution < 1.29 is 4.92 Å². The summed E-state index contributed by atoms with van der Waals surface area (Å²) in [5, 5.41) is 10.6. The Balaban J connectivity index is 2.88. The van der Waals surface area contributed by atoms with Gasteiger partial charge in [0.2, 0.25) is 0 Å². The second-order valence-electron chi connectivity index (χ2n) is 2.76. The van der Waals surface area contributed by atoms with Crippen molar-refractivity contribution in [3.05, 3.63) is 34.6 Å². The van der Waals surface area contributed by atoms with Crippen molar-refractivity contribution in [3.8, 4) is 0 Å². The van der Waals surface area contributed by atoms with Crippen LogP contribution in [-0.2, 0) is 7.05 Å². The topological polar surface area (TPSA) is 61.0 Å². The zero-order chi connectivity index (χ0) is 9.42. The third kappa shape index (κ3) is 1.05. The van der Waals surface area contributed by atoms with Crippen LogP contribution in [0.4, 0.5) is 5.69 Å². The molecular weight excluding hydrogens is 170 g/mol. The van der Waals surface area contributed by atoms with Crippen LogP contribution in [-0.4, -0.2) is 14.5 Å². The number of hydrogen-bond acceptors (Lipinski definition) is 3. The Bertz CT molecular complexity index is 475. The third-order valence-corrected chi connectivity index (χ3v) is 1.91. The molecular formula is C8H7N3O2. The number of nitrogens with zero attached hydrogens (tertiary/aromatic N) is 3. The molecule has 5 nitrogen and oxygen atoms in total. The van der Waals surface area contributed by atoms with Crippen LogP contribution >= 0.6 is 0 Å². The predicted octanol–water partition coefficient (Wildman–Crippen LogP) is 1.48. The smallest absolute Gasteiger partial charge is 0.295 e. The van der Waals surface area contributed by atoms with Gasteiger partial charge in [-0.2, -0.15) is 0 Å². The molecule has 0 saturated carbocycles. The molecule has 2 aromatic rings. The lowest BCUT2D eigenvalue weighted by molar-refractivity contribution is -0.383. The quantitative estimate of drug-likeness (QED) is 0.489. The molecule has 1 aromatic heterocycles. The fraction of sp³-hybridized carbons (Fsp3) is 0.125. The Morgan fingerprint density at radius 3 is 3.00 bits per heavy atom. The molecule has 0 atom stereocenters. The average molecular weight is 177 g/mol. The Kier molecular flexibility index (Phi) is 1.51. The van der Waals surface area contributed by atoms with Crippen LogP contribution in [0.2, 0.25) is 0 Å². The van der Waals surface area contributed by atoms with Crippen molar-refractivity contribution in [2.45, 2.75) is 0 Å². The lowest BCUT2D eigenvalue weighted by Gasteiger charge is -1.95. The number of rotatable bonds is 1. The molecule has 0 bridgehead atoms. The first-order valence-corrected chi connectivity index (χ1v) is 3.74. The fourth-order valence-electron chi connectivity index (χ4n) is 1.34. The molecule has 0 unspecified atom stereocenters.